The van der Waals surface area contributed by atoms with E-state index in [2.05, 4.69) is 10.5 Å². The molecule has 0 aromatic heterocycles. The number of nitrogens with one attached hydrogen (secondary N) is 1. The first-order chi connectivity index (χ1) is 11.2. The van der Waals surface area contributed by atoms with Crippen LogP contribution in [0, 0.1) is 5.82 Å². The van der Waals surface area contributed by atoms with Crippen LogP contribution in [0.3, 0.4) is 0 Å². The molecule has 0 fully saturated rings. The van der Waals surface area contributed by atoms with E-state index < -0.39 is 11.7 Å². The van der Waals surface area contributed by atoms with E-state index in [-0.39, 0.29) is 12.4 Å². The molecule has 6 heteroatoms. The molecule has 0 aliphatic carbocycles. The minimum atomic E-state index is -0.519. The summed E-state index contributed by atoms with van der Waals surface area (Å²) in [6.07, 6.45) is 1.48. The van der Waals surface area contributed by atoms with Crippen molar-refractivity contribution >= 4 is 12.1 Å². The van der Waals surface area contributed by atoms with Gasteiger partial charge in [0.05, 0.1) is 12.8 Å². The SMILES string of the molecule is CCOc1ccccc1/C=N\NC(=O)COc1ccccc1F. The lowest BCUT2D eigenvalue weighted by Crippen LogP contribution is -2.24. The summed E-state index contributed by atoms with van der Waals surface area (Å²) in [6.45, 7) is 2.09. The summed E-state index contributed by atoms with van der Waals surface area (Å²) >= 11 is 0. The number of para-hydroxylation sites is 2. The highest BCUT2D eigenvalue weighted by atomic mass is 19.1. The quantitative estimate of drug-likeness (QED) is 0.631. The first-order valence-corrected chi connectivity index (χ1v) is 7.11. The summed E-state index contributed by atoms with van der Waals surface area (Å²) in [5.41, 5.74) is 3.06. The zero-order valence-corrected chi connectivity index (χ0v) is 12.7. The first-order valence-electron chi connectivity index (χ1n) is 7.11. The van der Waals surface area contributed by atoms with E-state index in [1.165, 1.54) is 18.3 Å². The highest BCUT2D eigenvalue weighted by Gasteiger charge is 2.05. The van der Waals surface area contributed by atoms with E-state index >= 15 is 0 Å². The van der Waals surface area contributed by atoms with Crippen LogP contribution >= 0.6 is 0 Å². The van der Waals surface area contributed by atoms with Crippen LogP contribution in [0.25, 0.3) is 0 Å². The predicted molar refractivity (Wildman–Crippen MR) is 85.2 cm³/mol. The van der Waals surface area contributed by atoms with Gasteiger partial charge < -0.3 is 9.47 Å². The van der Waals surface area contributed by atoms with Gasteiger partial charge >= 0.3 is 0 Å². The molecule has 0 radical (unpaired) electrons. The lowest BCUT2D eigenvalue weighted by molar-refractivity contribution is -0.123. The van der Waals surface area contributed by atoms with Crippen molar-refractivity contribution in [3.8, 4) is 11.5 Å². The molecule has 1 N–H and O–H groups in total. The second-order valence-electron chi connectivity index (χ2n) is 4.48. The number of amides is 1. The zero-order chi connectivity index (χ0) is 16.5. The summed E-state index contributed by atoms with van der Waals surface area (Å²) in [6, 6.07) is 13.2. The Kier molecular flexibility index (Phi) is 6.11. The lowest BCUT2D eigenvalue weighted by Gasteiger charge is -2.06. The fourth-order valence-electron chi connectivity index (χ4n) is 1.79. The van der Waals surface area contributed by atoms with Crippen molar-refractivity contribution in [3.05, 3.63) is 59.9 Å². The van der Waals surface area contributed by atoms with Gasteiger partial charge in [-0.25, -0.2) is 9.82 Å². The highest BCUT2D eigenvalue weighted by molar-refractivity contribution is 5.85. The Bertz CT molecular complexity index is 689. The molecule has 0 aliphatic rings. The van der Waals surface area contributed by atoms with Gasteiger partial charge in [0, 0.05) is 5.56 Å². The fraction of sp³-hybridized carbons (Fsp3) is 0.176. The van der Waals surface area contributed by atoms with Gasteiger partial charge in [0.1, 0.15) is 5.75 Å². The van der Waals surface area contributed by atoms with Crippen LogP contribution < -0.4 is 14.9 Å². The summed E-state index contributed by atoms with van der Waals surface area (Å²) in [5.74, 6) is -0.309. The molecule has 0 saturated heterocycles. The van der Waals surface area contributed by atoms with Gasteiger partial charge in [-0.2, -0.15) is 5.10 Å². The van der Waals surface area contributed by atoms with Gasteiger partial charge in [-0.15, -0.1) is 0 Å². The fourth-order valence-corrected chi connectivity index (χ4v) is 1.79. The highest BCUT2D eigenvalue weighted by Crippen LogP contribution is 2.16. The van der Waals surface area contributed by atoms with Gasteiger partial charge in [0.2, 0.25) is 0 Å². The predicted octanol–water partition coefficient (Wildman–Crippen LogP) is 2.75. The van der Waals surface area contributed by atoms with E-state index in [0.717, 1.165) is 5.56 Å². The molecule has 0 atom stereocenters. The minimum Gasteiger partial charge on any atom is -0.493 e. The van der Waals surface area contributed by atoms with Gasteiger partial charge in [-0.1, -0.05) is 24.3 Å². The molecule has 2 rings (SSSR count). The number of carbonyl (C=O) groups is 1. The van der Waals surface area contributed by atoms with E-state index in [9.17, 15) is 9.18 Å². The molecule has 0 bridgehead atoms. The third-order valence-corrected chi connectivity index (χ3v) is 2.81. The minimum absolute atomic E-state index is 0.0216. The summed E-state index contributed by atoms with van der Waals surface area (Å²) in [7, 11) is 0. The molecule has 0 heterocycles. The number of benzene rings is 2. The second-order valence-corrected chi connectivity index (χ2v) is 4.48. The van der Waals surface area contributed by atoms with Crippen molar-refractivity contribution in [1.29, 1.82) is 0 Å². The monoisotopic (exact) mass is 316 g/mol. The van der Waals surface area contributed by atoms with Crippen LogP contribution in [0.1, 0.15) is 12.5 Å². The third-order valence-electron chi connectivity index (χ3n) is 2.81. The van der Waals surface area contributed by atoms with Gasteiger partial charge in [0.25, 0.3) is 5.91 Å². The Labute approximate surface area is 133 Å². The molecule has 0 saturated carbocycles. The van der Waals surface area contributed by atoms with Crippen LogP contribution in [0.2, 0.25) is 0 Å². The van der Waals surface area contributed by atoms with Crippen molar-refractivity contribution in [3.63, 3.8) is 0 Å². The van der Waals surface area contributed by atoms with Crippen molar-refractivity contribution < 1.29 is 18.7 Å². The van der Waals surface area contributed by atoms with Crippen molar-refractivity contribution in [2.45, 2.75) is 6.92 Å². The first kappa shape index (κ1) is 16.5. The number of hydrogen-bond donors (Lipinski definition) is 1. The van der Waals surface area contributed by atoms with Gasteiger partial charge in [0.15, 0.2) is 18.2 Å². The smallest absolute Gasteiger partial charge is 0.277 e. The topological polar surface area (TPSA) is 59.9 Å². The number of carbonyl (C=O) groups excluding carboxylic acids is 1. The number of rotatable bonds is 7. The molecule has 2 aromatic carbocycles. The summed E-state index contributed by atoms with van der Waals surface area (Å²) in [4.78, 5) is 11.6. The largest absolute Gasteiger partial charge is 0.493 e. The molecule has 5 nitrogen and oxygen atoms in total. The number of hydrazone groups is 1. The Morgan fingerprint density at radius 3 is 2.57 bits per heavy atom. The van der Waals surface area contributed by atoms with E-state index in [1.807, 2.05) is 31.2 Å². The molecule has 1 amide bonds. The number of halogens is 1. The standard InChI is InChI=1S/C17H17FN2O3/c1-2-22-15-9-5-3-7-13(15)11-19-20-17(21)12-23-16-10-6-4-8-14(16)18/h3-11H,2,12H2,1H3,(H,20,21)/b19-11-. The van der Waals surface area contributed by atoms with E-state index in [1.54, 1.807) is 12.1 Å². The maximum Gasteiger partial charge on any atom is 0.277 e. The van der Waals surface area contributed by atoms with Crippen LogP contribution in [-0.4, -0.2) is 25.3 Å². The average Bonchev–Trinajstić information content (AvgIpc) is 2.56. The Balaban J connectivity index is 1.86. The Morgan fingerprint density at radius 1 is 1.13 bits per heavy atom. The van der Waals surface area contributed by atoms with Crippen molar-refractivity contribution in [1.82, 2.24) is 5.43 Å². The van der Waals surface area contributed by atoms with Crippen molar-refractivity contribution in [2.24, 2.45) is 5.10 Å². The molecule has 0 aliphatic heterocycles. The molecule has 0 spiro atoms. The number of nitrogens with zero attached hydrogens (tertiary/aromatic N) is 1. The Morgan fingerprint density at radius 2 is 1.83 bits per heavy atom. The summed E-state index contributed by atoms with van der Waals surface area (Å²) in [5, 5.41) is 3.84. The van der Waals surface area contributed by atoms with Crippen LogP contribution in [-0.2, 0) is 4.79 Å². The summed E-state index contributed by atoms with van der Waals surface area (Å²) < 4.78 is 23.9. The van der Waals surface area contributed by atoms with E-state index in [0.29, 0.717) is 12.4 Å². The zero-order valence-electron chi connectivity index (χ0n) is 12.7. The van der Waals surface area contributed by atoms with E-state index in [4.69, 9.17) is 9.47 Å². The molecule has 2 aromatic rings. The maximum atomic E-state index is 13.3. The average molecular weight is 316 g/mol. The number of hydrogen-bond acceptors (Lipinski definition) is 4. The van der Waals surface area contributed by atoms with Gasteiger partial charge in [-0.05, 0) is 31.2 Å². The molecular weight excluding hydrogens is 299 g/mol. The molecule has 0 unspecified atom stereocenters. The normalized spacial score (nSPS) is 10.5. The van der Waals surface area contributed by atoms with Crippen LogP contribution in [0.15, 0.2) is 53.6 Å². The lowest BCUT2D eigenvalue weighted by atomic mass is 10.2. The third kappa shape index (κ3) is 5.10. The Hall–Kier alpha value is -2.89. The van der Waals surface area contributed by atoms with Crippen molar-refractivity contribution in [2.75, 3.05) is 13.2 Å². The molecule has 23 heavy (non-hydrogen) atoms. The van der Waals surface area contributed by atoms with Crippen LogP contribution in [0.4, 0.5) is 4.39 Å². The second kappa shape index (κ2) is 8.53. The number of ether oxygens (including phenoxy) is 2. The molecular formula is C17H17FN2O3. The molecule has 120 valence electrons. The van der Waals surface area contributed by atoms with Crippen LogP contribution in [0.5, 0.6) is 11.5 Å². The maximum absolute atomic E-state index is 13.3. The van der Waals surface area contributed by atoms with Gasteiger partial charge in [-0.3, -0.25) is 4.79 Å².